The van der Waals surface area contributed by atoms with Crippen molar-refractivity contribution in [2.45, 2.75) is 46.0 Å². The quantitative estimate of drug-likeness (QED) is 0.849. The molecule has 24 heavy (non-hydrogen) atoms. The maximum Gasteiger partial charge on any atom is 0.264 e. The molecule has 0 aliphatic carbocycles. The molecule has 1 heterocycles. The van der Waals surface area contributed by atoms with Crippen LogP contribution >= 0.6 is 12.2 Å². The minimum Gasteiger partial charge on any atom is -0.484 e. The van der Waals surface area contributed by atoms with Crippen molar-refractivity contribution in [1.29, 1.82) is 0 Å². The number of piperidine rings is 1. The Labute approximate surface area is 150 Å². The van der Waals surface area contributed by atoms with Gasteiger partial charge in [0.05, 0.1) is 0 Å². The van der Waals surface area contributed by atoms with Gasteiger partial charge in [0.2, 0.25) is 0 Å². The first-order valence-corrected chi connectivity index (χ1v) is 8.98. The summed E-state index contributed by atoms with van der Waals surface area (Å²) < 4.78 is 5.55. The molecule has 4 nitrogen and oxygen atoms in total. The molecule has 1 aromatic rings. The molecule has 1 N–H and O–H groups in total. The highest BCUT2D eigenvalue weighted by molar-refractivity contribution is 7.80. The van der Waals surface area contributed by atoms with Crippen molar-refractivity contribution in [2.75, 3.05) is 19.7 Å². The van der Waals surface area contributed by atoms with E-state index in [0.29, 0.717) is 10.9 Å². The van der Waals surface area contributed by atoms with Gasteiger partial charge in [0.1, 0.15) is 5.75 Å². The van der Waals surface area contributed by atoms with Crippen LogP contribution in [0.1, 0.15) is 46.1 Å². The molecule has 1 aliphatic rings. The number of benzene rings is 1. The second-order valence-corrected chi connectivity index (χ2v) is 7.97. The Morgan fingerprint density at radius 1 is 1.25 bits per heavy atom. The van der Waals surface area contributed by atoms with E-state index in [1.165, 1.54) is 5.56 Å². The average Bonchev–Trinajstić information content (AvgIpc) is 2.53. The van der Waals surface area contributed by atoms with Gasteiger partial charge in [-0.05, 0) is 54.1 Å². The fraction of sp³-hybridized carbons (Fsp3) is 0.579. The Kier molecular flexibility index (Phi) is 6.21. The van der Waals surface area contributed by atoms with E-state index >= 15 is 0 Å². The summed E-state index contributed by atoms with van der Waals surface area (Å²) in [5.41, 5.74) is 1.34. The van der Waals surface area contributed by atoms with Crippen molar-refractivity contribution in [1.82, 2.24) is 10.2 Å². The highest BCUT2D eigenvalue weighted by atomic mass is 32.1. The zero-order valence-electron chi connectivity index (χ0n) is 15.1. The van der Waals surface area contributed by atoms with Gasteiger partial charge in [-0.3, -0.25) is 4.79 Å². The molecule has 0 spiro atoms. The summed E-state index contributed by atoms with van der Waals surface area (Å²) in [6.07, 6.45) is 2.24. The predicted octanol–water partition coefficient (Wildman–Crippen LogP) is 3.50. The van der Waals surface area contributed by atoms with Gasteiger partial charge >= 0.3 is 0 Å². The Morgan fingerprint density at radius 3 is 2.38 bits per heavy atom. The van der Waals surface area contributed by atoms with E-state index < -0.39 is 0 Å². The number of nitrogens with zero attached hydrogens (tertiary/aromatic N) is 1. The predicted molar refractivity (Wildman–Crippen MR) is 101 cm³/mol. The topological polar surface area (TPSA) is 41.6 Å². The fourth-order valence-corrected chi connectivity index (χ4v) is 2.94. The summed E-state index contributed by atoms with van der Waals surface area (Å²) in [5, 5.41) is 3.28. The number of ether oxygens (including phenoxy) is 1. The lowest BCUT2D eigenvalue weighted by molar-refractivity contribution is -0.121. The fourth-order valence-electron chi connectivity index (χ4n) is 2.65. The van der Waals surface area contributed by atoms with Crippen molar-refractivity contribution < 1.29 is 9.53 Å². The lowest BCUT2D eigenvalue weighted by atomic mass is 9.87. The van der Waals surface area contributed by atoms with Crippen molar-refractivity contribution in [3.8, 4) is 5.75 Å². The monoisotopic (exact) mass is 348 g/mol. The van der Waals surface area contributed by atoms with Gasteiger partial charge in [0.25, 0.3) is 5.91 Å². The number of thiocarbonyl (C=S) groups is 1. The van der Waals surface area contributed by atoms with E-state index in [9.17, 15) is 4.79 Å². The summed E-state index contributed by atoms with van der Waals surface area (Å²) >= 11 is 5.32. The molecule has 132 valence electrons. The van der Waals surface area contributed by atoms with Gasteiger partial charge in [-0.2, -0.15) is 0 Å². The SMILES string of the molecule is CC1CCN(C(=S)NC(=O)COc2ccc(C(C)(C)C)cc2)CC1. The smallest absolute Gasteiger partial charge is 0.264 e. The van der Waals surface area contributed by atoms with Gasteiger partial charge in [-0.15, -0.1) is 0 Å². The molecule has 5 heteroatoms. The first-order valence-electron chi connectivity index (χ1n) is 8.58. The molecule has 1 amide bonds. The summed E-state index contributed by atoms with van der Waals surface area (Å²) in [5.74, 6) is 1.22. The highest BCUT2D eigenvalue weighted by Crippen LogP contribution is 2.24. The van der Waals surface area contributed by atoms with Crippen molar-refractivity contribution >= 4 is 23.2 Å². The molecule has 1 saturated heterocycles. The highest BCUT2D eigenvalue weighted by Gasteiger charge is 2.19. The van der Waals surface area contributed by atoms with E-state index in [4.69, 9.17) is 17.0 Å². The van der Waals surface area contributed by atoms with E-state index in [0.717, 1.165) is 31.8 Å². The van der Waals surface area contributed by atoms with Gasteiger partial charge < -0.3 is 15.0 Å². The second-order valence-electron chi connectivity index (χ2n) is 7.59. The molecule has 0 unspecified atom stereocenters. The number of carbonyl (C=O) groups is 1. The Hall–Kier alpha value is -1.62. The number of nitrogens with one attached hydrogen (secondary N) is 1. The molecular formula is C19H28N2O2S. The molecule has 0 aromatic heterocycles. The Balaban J connectivity index is 1.77. The van der Waals surface area contributed by atoms with Crippen LogP contribution in [0.2, 0.25) is 0 Å². The minimum absolute atomic E-state index is 0.0285. The number of hydrogen-bond acceptors (Lipinski definition) is 3. The van der Waals surface area contributed by atoms with Gasteiger partial charge in [-0.25, -0.2) is 0 Å². The lowest BCUT2D eigenvalue weighted by Crippen LogP contribution is -2.47. The first-order chi connectivity index (χ1) is 11.3. The summed E-state index contributed by atoms with van der Waals surface area (Å²) in [6.45, 7) is 10.5. The molecule has 0 atom stereocenters. The standard InChI is InChI=1S/C19H28N2O2S/c1-14-9-11-21(12-10-14)18(24)20-17(22)13-23-16-7-5-15(6-8-16)19(2,3)4/h5-8,14H,9-13H2,1-4H3,(H,20,22,24). The van der Waals surface area contributed by atoms with Gasteiger partial charge in [0.15, 0.2) is 11.7 Å². The Morgan fingerprint density at radius 2 is 1.83 bits per heavy atom. The zero-order chi connectivity index (χ0) is 17.7. The van der Waals surface area contributed by atoms with Gasteiger partial charge in [-0.1, -0.05) is 39.8 Å². The number of likely N-dealkylation sites (tertiary alicyclic amines) is 1. The molecule has 0 bridgehead atoms. The molecule has 1 aromatic carbocycles. The normalized spacial score (nSPS) is 15.9. The third-order valence-electron chi connectivity index (χ3n) is 4.41. The van der Waals surface area contributed by atoms with Crippen LogP contribution < -0.4 is 10.1 Å². The maximum atomic E-state index is 12.0. The molecular weight excluding hydrogens is 320 g/mol. The minimum atomic E-state index is -0.210. The van der Waals surface area contributed by atoms with Crippen molar-refractivity contribution in [3.05, 3.63) is 29.8 Å². The first kappa shape index (κ1) is 18.7. The van der Waals surface area contributed by atoms with Crippen LogP contribution in [-0.2, 0) is 10.2 Å². The van der Waals surface area contributed by atoms with E-state index in [-0.39, 0.29) is 17.9 Å². The second kappa shape index (κ2) is 7.97. The number of rotatable bonds is 3. The van der Waals surface area contributed by atoms with E-state index in [1.807, 2.05) is 24.3 Å². The van der Waals surface area contributed by atoms with Crippen LogP contribution in [0.5, 0.6) is 5.75 Å². The van der Waals surface area contributed by atoms with E-state index in [2.05, 4.69) is 37.9 Å². The zero-order valence-corrected chi connectivity index (χ0v) is 15.9. The molecule has 0 radical (unpaired) electrons. The summed E-state index contributed by atoms with van der Waals surface area (Å²) in [7, 11) is 0. The van der Waals surface area contributed by atoms with Crippen LogP contribution in [0.15, 0.2) is 24.3 Å². The maximum absolute atomic E-state index is 12.0. The van der Waals surface area contributed by atoms with Gasteiger partial charge in [0, 0.05) is 13.1 Å². The molecule has 1 fully saturated rings. The van der Waals surface area contributed by atoms with Crippen LogP contribution in [0.25, 0.3) is 0 Å². The third kappa shape index (κ3) is 5.48. The van der Waals surface area contributed by atoms with Crippen molar-refractivity contribution in [2.24, 2.45) is 5.92 Å². The molecule has 0 saturated carbocycles. The van der Waals surface area contributed by atoms with E-state index in [1.54, 1.807) is 0 Å². The molecule has 1 aliphatic heterocycles. The number of amides is 1. The van der Waals surface area contributed by atoms with Crippen LogP contribution in [0.4, 0.5) is 0 Å². The lowest BCUT2D eigenvalue weighted by Gasteiger charge is -2.32. The van der Waals surface area contributed by atoms with Crippen LogP contribution in [0.3, 0.4) is 0 Å². The largest absolute Gasteiger partial charge is 0.484 e. The summed E-state index contributed by atoms with van der Waals surface area (Å²) in [4.78, 5) is 14.1. The van der Waals surface area contributed by atoms with Crippen LogP contribution in [-0.4, -0.2) is 35.6 Å². The van der Waals surface area contributed by atoms with Crippen LogP contribution in [0, 0.1) is 5.92 Å². The third-order valence-corrected chi connectivity index (χ3v) is 4.77. The van der Waals surface area contributed by atoms with Crippen molar-refractivity contribution in [3.63, 3.8) is 0 Å². The summed E-state index contributed by atoms with van der Waals surface area (Å²) in [6, 6.07) is 7.87. The molecule has 2 rings (SSSR count). The number of carbonyl (C=O) groups excluding carboxylic acids is 1. The number of hydrogen-bond donors (Lipinski definition) is 1. The Bertz CT molecular complexity index is 570. The average molecular weight is 349 g/mol.